The molecule has 0 aliphatic heterocycles. The lowest BCUT2D eigenvalue weighted by Gasteiger charge is -2.19. The number of rotatable bonds is 2. The van der Waals surface area contributed by atoms with Crippen molar-refractivity contribution < 1.29 is 9.52 Å². The average Bonchev–Trinajstić information content (AvgIpc) is 2.60. The smallest absolute Gasteiger partial charge is 0.0934 e. The molecule has 14 heavy (non-hydrogen) atoms. The summed E-state index contributed by atoms with van der Waals surface area (Å²) in [5, 5.41) is 9.92. The van der Waals surface area contributed by atoms with Gasteiger partial charge in [-0.05, 0) is 36.8 Å². The van der Waals surface area contributed by atoms with Crippen molar-refractivity contribution in [3.63, 3.8) is 0 Å². The normalized spacial score (nSPS) is 28.6. The molecule has 1 aliphatic rings. The summed E-state index contributed by atoms with van der Waals surface area (Å²) in [7, 11) is 0. The summed E-state index contributed by atoms with van der Waals surface area (Å²) in [5.41, 5.74) is 1.22. The lowest BCUT2D eigenvalue weighted by molar-refractivity contribution is 0.101. The molecule has 1 heterocycles. The predicted octanol–water partition coefficient (Wildman–Crippen LogP) is 2.76. The largest absolute Gasteiger partial charge is 0.472 e. The van der Waals surface area contributed by atoms with Crippen molar-refractivity contribution in [3.05, 3.63) is 24.2 Å². The molecule has 2 rings (SSSR count). The van der Waals surface area contributed by atoms with E-state index in [2.05, 4.69) is 0 Å². The van der Waals surface area contributed by atoms with Crippen LogP contribution in [0.5, 0.6) is 0 Å². The number of furan rings is 1. The molecular formula is C12H18O2. The molecule has 0 spiro atoms. The monoisotopic (exact) mass is 194 g/mol. The predicted molar refractivity (Wildman–Crippen MR) is 55.0 cm³/mol. The molecule has 1 fully saturated rings. The quantitative estimate of drug-likeness (QED) is 0.734. The fourth-order valence-corrected chi connectivity index (χ4v) is 2.31. The molecule has 2 heteroatoms. The van der Waals surface area contributed by atoms with Crippen LogP contribution in [0.3, 0.4) is 0 Å². The second-order valence-electron chi connectivity index (χ2n) is 4.30. The van der Waals surface area contributed by atoms with Gasteiger partial charge in [0.2, 0.25) is 0 Å². The van der Waals surface area contributed by atoms with Crippen LogP contribution in [0.2, 0.25) is 0 Å². The van der Waals surface area contributed by atoms with Gasteiger partial charge in [-0.2, -0.15) is 0 Å². The highest BCUT2D eigenvalue weighted by atomic mass is 16.3. The van der Waals surface area contributed by atoms with E-state index in [9.17, 15) is 5.11 Å². The van der Waals surface area contributed by atoms with Crippen LogP contribution in [0.1, 0.15) is 37.7 Å². The third-order valence-electron chi connectivity index (χ3n) is 3.20. The summed E-state index contributed by atoms with van der Waals surface area (Å²) < 4.78 is 5.04. The molecule has 2 unspecified atom stereocenters. The van der Waals surface area contributed by atoms with Crippen LogP contribution in [0.4, 0.5) is 0 Å². The number of hydrogen-bond acceptors (Lipinski definition) is 2. The third-order valence-corrected chi connectivity index (χ3v) is 3.20. The molecule has 2 nitrogen and oxygen atoms in total. The van der Waals surface area contributed by atoms with E-state index < -0.39 is 0 Å². The minimum atomic E-state index is -0.104. The van der Waals surface area contributed by atoms with Crippen molar-refractivity contribution in [1.82, 2.24) is 0 Å². The Labute approximate surface area is 84.9 Å². The maximum absolute atomic E-state index is 9.92. The molecule has 78 valence electrons. The van der Waals surface area contributed by atoms with E-state index in [4.69, 9.17) is 4.42 Å². The molecule has 1 saturated carbocycles. The lowest BCUT2D eigenvalue weighted by atomic mass is 9.91. The molecule has 1 N–H and O–H groups in total. The van der Waals surface area contributed by atoms with Gasteiger partial charge >= 0.3 is 0 Å². The van der Waals surface area contributed by atoms with Crippen LogP contribution >= 0.6 is 0 Å². The maximum atomic E-state index is 9.92. The minimum Gasteiger partial charge on any atom is -0.472 e. The zero-order chi connectivity index (χ0) is 9.80. The second kappa shape index (κ2) is 4.65. The summed E-state index contributed by atoms with van der Waals surface area (Å²) in [6, 6.07) is 2.00. The summed E-state index contributed by atoms with van der Waals surface area (Å²) in [6.45, 7) is 0. The molecule has 0 bridgehead atoms. The fraction of sp³-hybridized carbons (Fsp3) is 0.667. The summed E-state index contributed by atoms with van der Waals surface area (Å²) in [5.74, 6) is 0.440. The van der Waals surface area contributed by atoms with Crippen molar-refractivity contribution in [2.45, 2.75) is 44.6 Å². The van der Waals surface area contributed by atoms with Crippen LogP contribution < -0.4 is 0 Å². The zero-order valence-electron chi connectivity index (χ0n) is 8.48. The first kappa shape index (κ1) is 9.78. The van der Waals surface area contributed by atoms with Crippen LogP contribution in [0.25, 0.3) is 0 Å². The molecule has 0 radical (unpaired) electrons. The van der Waals surface area contributed by atoms with Gasteiger partial charge in [0.05, 0.1) is 18.6 Å². The van der Waals surface area contributed by atoms with Gasteiger partial charge in [-0.25, -0.2) is 0 Å². The molecule has 0 saturated heterocycles. The Morgan fingerprint density at radius 1 is 1.29 bits per heavy atom. The fourth-order valence-electron chi connectivity index (χ4n) is 2.31. The zero-order valence-corrected chi connectivity index (χ0v) is 8.48. The van der Waals surface area contributed by atoms with E-state index in [0.29, 0.717) is 5.92 Å². The Kier molecular flexibility index (Phi) is 3.25. The van der Waals surface area contributed by atoms with Gasteiger partial charge in [-0.3, -0.25) is 0 Å². The number of hydrogen-bond donors (Lipinski definition) is 1. The molecular weight excluding hydrogens is 176 g/mol. The molecule has 1 aromatic heterocycles. The molecule has 1 aliphatic carbocycles. The van der Waals surface area contributed by atoms with Gasteiger partial charge in [-0.15, -0.1) is 0 Å². The van der Waals surface area contributed by atoms with Gasteiger partial charge < -0.3 is 9.52 Å². The molecule has 0 aromatic carbocycles. The Hall–Kier alpha value is -0.760. The van der Waals surface area contributed by atoms with Crippen LogP contribution in [0, 0.1) is 5.92 Å². The van der Waals surface area contributed by atoms with Crippen LogP contribution in [0.15, 0.2) is 23.0 Å². The van der Waals surface area contributed by atoms with E-state index in [0.717, 1.165) is 19.3 Å². The second-order valence-corrected chi connectivity index (χ2v) is 4.30. The third kappa shape index (κ3) is 2.38. The van der Waals surface area contributed by atoms with Crippen LogP contribution in [-0.2, 0) is 6.42 Å². The van der Waals surface area contributed by atoms with Crippen molar-refractivity contribution in [2.24, 2.45) is 5.92 Å². The first-order valence-electron chi connectivity index (χ1n) is 5.55. The molecule has 2 atom stereocenters. The topological polar surface area (TPSA) is 33.4 Å². The maximum Gasteiger partial charge on any atom is 0.0934 e. The summed E-state index contributed by atoms with van der Waals surface area (Å²) >= 11 is 0. The SMILES string of the molecule is OC1CCCCCC1Cc1ccoc1. The van der Waals surface area contributed by atoms with Gasteiger partial charge in [0.15, 0.2) is 0 Å². The first-order valence-corrected chi connectivity index (χ1v) is 5.55. The molecule has 0 amide bonds. The Bertz CT molecular complexity index is 253. The van der Waals surface area contributed by atoms with Gasteiger partial charge in [0.25, 0.3) is 0 Å². The van der Waals surface area contributed by atoms with Crippen molar-refractivity contribution in [1.29, 1.82) is 0 Å². The Morgan fingerprint density at radius 3 is 2.93 bits per heavy atom. The van der Waals surface area contributed by atoms with Crippen molar-refractivity contribution >= 4 is 0 Å². The van der Waals surface area contributed by atoms with Crippen molar-refractivity contribution in [3.8, 4) is 0 Å². The number of aliphatic hydroxyl groups is 1. The highest BCUT2D eigenvalue weighted by molar-refractivity contribution is 5.06. The van der Waals surface area contributed by atoms with E-state index in [1.165, 1.54) is 24.8 Å². The van der Waals surface area contributed by atoms with E-state index in [1.807, 2.05) is 6.07 Å². The van der Waals surface area contributed by atoms with Gasteiger partial charge in [0.1, 0.15) is 0 Å². The standard InChI is InChI=1S/C12H18O2/c13-12-5-3-1-2-4-11(12)8-10-6-7-14-9-10/h6-7,9,11-13H,1-5,8H2. The van der Waals surface area contributed by atoms with Gasteiger partial charge in [0, 0.05) is 0 Å². The highest BCUT2D eigenvalue weighted by Crippen LogP contribution is 2.26. The summed E-state index contributed by atoms with van der Waals surface area (Å²) in [6.07, 6.45) is 10.2. The van der Waals surface area contributed by atoms with Crippen LogP contribution in [-0.4, -0.2) is 11.2 Å². The minimum absolute atomic E-state index is 0.104. The Morgan fingerprint density at radius 2 is 2.14 bits per heavy atom. The summed E-state index contributed by atoms with van der Waals surface area (Å²) in [4.78, 5) is 0. The van der Waals surface area contributed by atoms with E-state index in [1.54, 1.807) is 12.5 Å². The lowest BCUT2D eigenvalue weighted by Crippen LogP contribution is -2.20. The van der Waals surface area contributed by atoms with Crippen molar-refractivity contribution in [2.75, 3.05) is 0 Å². The number of aliphatic hydroxyl groups excluding tert-OH is 1. The van der Waals surface area contributed by atoms with E-state index >= 15 is 0 Å². The average molecular weight is 194 g/mol. The highest BCUT2D eigenvalue weighted by Gasteiger charge is 2.21. The molecule has 1 aromatic rings. The first-order chi connectivity index (χ1) is 6.86. The van der Waals surface area contributed by atoms with Gasteiger partial charge in [-0.1, -0.05) is 19.3 Å². The Balaban J connectivity index is 1.94. The van der Waals surface area contributed by atoms with E-state index in [-0.39, 0.29) is 6.10 Å².